The lowest BCUT2D eigenvalue weighted by Crippen LogP contribution is -2.45. The fourth-order valence-corrected chi connectivity index (χ4v) is 4.97. The van der Waals surface area contributed by atoms with Crippen LogP contribution in [0, 0.1) is 6.92 Å². The summed E-state index contributed by atoms with van der Waals surface area (Å²) in [7, 11) is 1.81. The van der Waals surface area contributed by atoms with E-state index >= 15 is 0 Å². The van der Waals surface area contributed by atoms with E-state index in [-0.39, 0.29) is 23.9 Å². The van der Waals surface area contributed by atoms with Gasteiger partial charge in [-0.05, 0) is 48.2 Å². The van der Waals surface area contributed by atoms with Crippen molar-refractivity contribution in [1.29, 1.82) is 0 Å². The smallest absolute Gasteiger partial charge is 0.257 e. The van der Waals surface area contributed by atoms with Crippen molar-refractivity contribution < 1.29 is 9.53 Å². The highest BCUT2D eigenvalue weighted by atomic mass is 16.5. The van der Waals surface area contributed by atoms with Gasteiger partial charge in [-0.2, -0.15) is 0 Å². The summed E-state index contributed by atoms with van der Waals surface area (Å²) in [6.07, 6.45) is 4.36. The number of pyridine rings is 2. The van der Waals surface area contributed by atoms with Crippen LogP contribution in [0.2, 0.25) is 0 Å². The number of anilines is 1. The Labute approximate surface area is 217 Å². The number of rotatable bonds is 7. The molecule has 0 saturated carbocycles. The first-order valence-corrected chi connectivity index (χ1v) is 12.7. The van der Waals surface area contributed by atoms with E-state index in [1.165, 1.54) is 11.1 Å². The number of aromatic nitrogens is 2. The first-order valence-electron chi connectivity index (χ1n) is 12.7. The maximum absolute atomic E-state index is 13.6. The van der Waals surface area contributed by atoms with Gasteiger partial charge in [-0.3, -0.25) is 9.78 Å². The Hall–Kier alpha value is -3.81. The number of carbonyl (C=O) groups excluding carboxylic acids is 1. The SMILES string of the molecule is CCc1cc(COC2CNCC2N(C)C(=O)c2cc(-c3cnc4ccccc4c3)cnc2N)ccc1C. The first-order chi connectivity index (χ1) is 17.9. The lowest BCUT2D eigenvalue weighted by atomic mass is 10.0. The van der Waals surface area contributed by atoms with Crippen molar-refractivity contribution in [2.24, 2.45) is 0 Å². The van der Waals surface area contributed by atoms with E-state index in [1.54, 1.807) is 24.3 Å². The number of nitrogen functional groups attached to an aromatic ring is 1. The molecule has 190 valence electrons. The minimum absolute atomic E-state index is 0.117. The third-order valence-electron chi connectivity index (χ3n) is 7.28. The van der Waals surface area contributed by atoms with Crippen molar-refractivity contribution in [3.63, 3.8) is 0 Å². The molecule has 1 aliphatic heterocycles. The molecule has 4 aromatic rings. The highest BCUT2D eigenvalue weighted by Crippen LogP contribution is 2.26. The van der Waals surface area contributed by atoms with Crippen LogP contribution in [0.4, 0.5) is 5.82 Å². The normalized spacial score (nSPS) is 17.3. The highest BCUT2D eigenvalue weighted by Gasteiger charge is 2.34. The van der Waals surface area contributed by atoms with Gasteiger partial charge >= 0.3 is 0 Å². The molecule has 0 aliphatic carbocycles. The number of fused-ring (bicyclic) bond motifs is 1. The van der Waals surface area contributed by atoms with E-state index in [9.17, 15) is 4.79 Å². The zero-order valence-corrected chi connectivity index (χ0v) is 21.6. The molecule has 2 aromatic carbocycles. The second-order valence-corrected chi connectivity index (χ2v) is 9.68. The van der Waals surface area contributed by atoms with Gasteiger partial charge in [0.2, 0.25) is 0 Å². The third-order valence-corrected chi connectivity index (χ3v) is 7.28. The summed E-state index contributed by atoms with van der Waals surface area (Å²) in [5, 5.41) is 4.40. The van der Waals surface area contributed by atoms with Crippen molar-refractivity contribution in [3.05, 3.63) is 89.2 Å². The first kappa shape index (κ1) is 24.9. The zero-order valence-electron chi connectivity index (χ0n) is 21.6. The van der Waals surface area contributed by atoms with Crippen LogP contribution in [0.3, 0.4) is 0 Å². The number of hydrogen-bond acceptors (Lipinski definition) is 6. The van der Waals surface area contributed by atoms with Crippen LogP contribution < -0.4 is 11.1 Å². The number of para-hydroxylation sites is 1. The van der Waals surface area contributed by atoms with Crippen LogP contribution in [0.15, 0.2) is 67.0 Å². The zero-order chi connectivity index (χ0) is 25.9. The Balaban J connectivity index is 1.33. The van der Waals surface area contributed by atoms with Gasteiger partial charge in [0.25, 0.3) is 5.91 Å². The van der Waals surface area contributed by atoms with E-state index in [2.05, 4.69) is 47.3 Å². The number of nitrogens with zero attached hydrogens (tertiary/aromatic N) is 3. The molecule has 0 radical (unpaired) electrons. The number of hydrogen-bond donors (Lipinski definition) is 2. The number of nitrogens with two attached hydrogens (primary N) is 1. The predicted molar refractivity (Wildman–Crippen MR) is 147 cm³/mol. The summed E-state index contributed by atoms with van der Waals surface area (Å²) >= 11 is 0. The monoisotopic (exact) mass is 495 g/mol. The van der Waals surface area contributed by atoms with E-state index in [0.29, 0.717) is 25.3 Å². The van der Waals surface area contributed by atoms with Gasteiger partial charge in [-0.15, -0.1) is 0 Å². The van der Waals surface area contributed by atoms with Crippen LogP contribution in [-0.2, 0) is 17.8 Å². The van der Waals surface area contributed by atoms with Crippen LogP contribution in [0.1, 0.15) is 34.0 Å². The van der Waals surface area contributed by atoms with E-state index in [1.807, 2.05) is 36.4 Å². The van der Waals surface area contributed by atoms with Gasteiger partial charge in [-0.25, -0.2) is 4.98 Å². The Morgan fingerprint density at radius 2 is 1.86 bits per heavy atom. The average molecular weight is 496 g/mol. The van der Waals surface area contributed by atoms with Gasteiger partial charge in [0.05, 0.1) is 29.8 Å². The fourth-order valence-electron chi connectivity index (χ4n) is 4.97. The number of ether oxygens (including phenoxy) is 1. The van der Waals surface area contributed by atoms with Crippen LogP contribution >= 0.6 is 0 Å². The summed E-state index contributed by atoms with van der Waals surface area (Å²) < 4.78 is 6.30. The van der Waals surface area contributed by atoms with Gasteiger partial charge < -0.3 is 20.7 Å². The lowest BCUT2D eigenvalue weighted by molar-refractivity contribution is 0.00906. The van der Waals surface area contributed by atoms with Crippen molar-refractivity contribution >= 4 is 22.6 Å². The van der Waals surface area contributed by atoms with Crippen LogP contribution in [0.5, 0.6) is 0 Å². The van der Waals surface area contributed by atoms with Crippen LogP contribution in [0.25, 0.3) is 22.0 Å². The second kappa shape index (κ2) is 10.7. The summed E-state index contributed by atoms with van der Waals surface area (Å²) in [6, 6.07) is 18.1. The minimum atomic E-state index is -0.175. The van der Waals surface area contributed by atoms with Gasteiger partial charge in [0.1, 0.15) is 5.82 Å². The molecule has 2 atom stereocenters. The quantitative estimate of drug-likeness (QED) is 0.395. The molecule has 2 aromatic heterocycles. The van der Waals surface area contributed by atoms with E-state index in [0.717, 1.165) is 34.0 Å². The average Bonchev–Trinajstić information content (AvgIpc) is 3.40. The standard InChI is InChI=1S/C30H33N5O2/c1-4-21-11-20(10-9-19(21)2)18-37-28-17-32-16-27(28)35(3)30(36)25-13-24(15-34-29(25)31)23-12-22-7-5-6-8-26(22)33-14-23/h5-15,27-28,32H,4,16-18H2,1-3H3,(H2,31,34). The number of amides is 1. The number of likely N-dealkylation sites (N-methyl/N-ethyl adjacent to an activating group) is 1. The maximum atomic E-state index is 13.6. The fraction of sp³-hybridized carbons (Fsp3) is 0.300. The van der Waals surface area contributed by atoms with E-state index < -0.39 is 0 Å². The lowest BCUT2D eigenvalue weighted by Gasteiger charge is -2.29. The molecule has 37 heavy (non-hydrogen) atoms. The maximum Gasteiger partial charge on any atom is 0.257 e. The predicted octanol–water partition coefficient (Wildman–Crippen LogP) is 4.38. The van der Waals surface area contributed by atoms with Crippen molar-refractivity contribution in [2.45, 2.75) is 39.0 Å². The van der Waals surface area contributed by atoms with Crippen molar-refractivity contribution in [3.8, 4) is 11.1 Å². The van der Waals surface area contributed by atoms with E-state index in [4.69, 9.17) is 10.5 Å². The molecule has 0 spiro atoms. The Bertz CT molecular complexity index is 1440. The summed E-state index contributed by atoms with van der Waals surface area (Å²) in [5.74, 6) is 0.0380. The van der Waals surface area contributed by atoms with Crippen LogP contribution in [-0.4, -0.2) is 53.1 Å². The molecule has 3 N–H and O–H groups in total. The molecular formula is C30H33N5O2. The largest absolute Gasteiger partial charge is 0.383 e. The molecule has 7 heteroatoms. The molecule has 7 nitrogen and oxygen atoms in total. The van der Waals surface area contributed by atoms with Gasteiger partial charge in [-0.1, -0.05) is 43.3 Å². The number of benzene rings is 2. The molecule has 0 bridgehead atoms. The van der Waals surface area contributed by atoms with Gasteiger partial charge in [0, 0.05) is 49.0 Å². The molecule has 1 amide bonds. The molecule has 1 fully saturated rings. The Morgan fingerprint density at radius 1 is 1.08 bits per heavy atom. The topological polar surface area (TPSA) is 93.4 Å². The van der Waals surface area contributed by atoms with Crippen molar-refractivity contribution in [2.75, 3.05) is 25.9 Å². The summed E-state index contributed by atoms with van der Waals surface area (Å²) in [5.41, 5.74) is 12.9. The molecule has 2 unspecified atom stereocenters. The molecule has 1 aliphatic rings. The van der Waals surface area contributed by atoms with Crippen molar-refractivity contribution in [1.82, 2.24) is 20.2 Å². The second-order valence-electron chi connectivity index (χ2n) is 9.68. The number of nitrogens with one attached hydrogen (secondary N) is 1. The molecule has 3 heterocycles. The Morgan fingerprint density at radius 3 is 2.70 bits per heavy atom. The summed E-state index contributed by atoms with van der Waals surface area (Å²) in [4.78, 5) is 24.2. The Kier molecular flexibility index (Phi) is 7.17. The number of aryl methyl sites for hydroxylation is 2. The number of carbonyl (C=O) groups is 1. The molecule has 5 rings (SSSR count). The van der Waals surface area contributed by atoms with Gasteiger partial charge in [0.15, 0.2) is 0 Å². The molecule has 1 saturated heterocycles. The summed E-state index contributed by atoms with van der Waals surface area (Å²) in [6.45, 7) is 6.14. The minimum Gasteiger partial charge on any atom is -0.383 e. The third kappa shape index (κ3) is 5.19. The molecular weight excluding hydrogens is 462 g/mol. The highest BCUT2D eigenvalue weighted by molar-refractivity contribution is 5.99.